The summed E-state index contributed by atoms with van der Waals surface area (Å²) in [5.41, 5.74) is -1.81. The number of aromatic nitrogens is 1. The largest absolute Gasteiger partial charge is 0.496 e. The molecule has 1 fully saturated rings. The Morgan fingerprint density at radius 2 is 1.93 bits per heavy atom. The van der Waals surface area contributed by atoms with Crippen LogP contribution in [0.25, 0.3) is 10.9 Å². The standard InChI is InChI=1S/C31H33N3O6S/c1-20-8-4-7-11-29(20)41(37,38)33-30(35)22-13-12-21(28(17-22)39-3)16-23-19-34(2)27-15-14-24(18-26(23)27)32-31(36)40-25-9-5-6-10-25/h4,7-8,11-15,17-19,25H,5-6,9-10,16H2,1-3H3,(H,32,36)(H,33,35)/i1D3,2D3,3D3,16D2,25D. The van der Waals surface area contributed by atoms with Crippen molar-refractivity contribution in [3.63, 3.8) is 0 Å². The fourth-order valence-electron chi connectivity index (χ4n) is 4.49. The molecule has 214 valence electrons. The lowest BCUT2D eigenvalue weighted by molar-refractivity contribution is 0.0980. The molecule has 1 saturated carbocycles. The van der Waals surface area contributed by atoms with Crippen LogP contribution in [0.15, 0.2) is 71.8 Å². The second kappa shape index (κ2) is 11.7. The third-order valence-corrected chi connectivity index (χ3v) is 7.87. The summed E-state index contributed by atoms with van der Waals surface area (Å²) in [5.74, 6) is -2.06. The predicted molar refractivity (Wildman–Crippen MR) is 157 cm³/mol. The lowest BCUT2D eigenvalue weighted by atomic mass is 10.0. The number of carbonyl (C=O) groups is 2. The maximum absolute atomic E-state index is 13.2. The van der Waals surface area contributed by atoms with E-state index in [1.165, 1.54) is 30.3 Å². The summed E-state index contributed by atoms with van der Waals surface area (Å²) in [6.45, 7) is -5.68. The second-order valence-corrected chi connectivity index (χ2v) is 10.9. The summed E-state index contributed by atoms with van der Waals surface area (Å²) >= 11 is 0. The van der Waals surface area contributed by atoms with Gasteiger partial charge in [-0.3, -0.25) is 10.1 Å². The minimum atomic E-state index is -4.80. The van der Waals surface area contributed by atoms with Crippen LogP contribution in [-0.4, -0.2) is 38.1 Å². The number of hydrogen-bond donors (Lipinski definition) is 2. The van der Waals surface area contributed by atoms with Gasteiger partial charge in [-0.05, 0) is 85.6 Å². The first-order chi connectivity index (χ1) is 24.3. The van der Waals surface area contributed by atoms with Gasteiger partial charge in [0.2, 0.25) is 0 Å². The van der Waals surface area contributed by atoms with Gasteiger partial charge in [0, 0.05) is 52.7 Å². The highest BCUT2D eigenvalue weighted by molar-refractivity contribution is 7.90. The molecule has 4 aromatic rings. The summed E-state index contributed by atoms with van der Waals surface area (Å²) < 4.78 is 136. The smallest absolute Gasteiger partial charge is 0.411 e. The molecule has 1 aromatic heterocycles. The van der Waals surface area contributed by atoms with Crippen molar-refractivity contribution in [2.75, 3.05) is 12.4 Å². The molecule has 2 N–H and O–H groups in total. The molecular formula is C31H33N3O6S. The molecule has 2 amide bonds. The fourth-order valence-corrected chi connectivity index (χ4v) is 5.57. The molecule has 0 aliphatic heterocycles. The first-order valence-electron chi connectivity index (χ1n) is 18.5. The van der Waals surface area contributed by atoms with Crippen molar-refractivity contribution in [3.8, 4) is 5.75 Å². The van der Waals surface area contributed by atoms with Crippen LogP contribution in [0.5, 0.6) is 5.75 Å². The Hall–Kier alpha value is -4.31. The van der Waals surface area contributed by atoms with Crippen molar-refractivity contribution in [2.24, 2.45) is 6.98 Å². The van der Waals surface area contributed by atoms with Gasteiger partial charge in [-0.2, -0.15) is 0 Å². The number of anilines is 1. The molecular weight excluding hydrogens is 542 g/mol. The molecule has 9 nitrogen and oxygen atoms in total. The van der Waals surface area contributed by atoms with Crippen molar-refractivity contribution in [3.05, 3.63) is 89.1 Å². The molecule has 0 unspecified atom stereocenters. The Morgan fingerprint density at radius 1 is 1.10 bits per heavy atom. The van der Waals surface area contributed by atoms with Crippen molar-refractivity contribution in [1.29, 1.82) is 0 Å². The SMILES string of the molecule is [2H]C([2H])([2H])Oc1cc(C(=O)NS(=O)(=O)c2ccccc2C([2H])([2H])[2H])ccc1C([2H])([2H])c1cn(C([2H])([2H])[2H])c2ccc(NC(=O)OC3([2H])CCCC3)cc12. The van der Waals surface area contributed by atoms with Crippen LogP contribution < -0.4 is 14.8 Å². The molecule has 0 radical (unpaired) electrons. The minimum Gasteiger partial charge on any atom is -0.496 e. The molecule has 0 spiro atoms. The van der Waals surface area contributed by atoms with Gasteiger partial charge in [-0.1, -0.05) is 24.3 Å². The van der Waals surface area contributed by atoms with E-state index in [0.717, 1.165) is 41.1 Å². The van der Waals surface area contributed by atoms with Gasteiger partial charge in [-0.15, -0.1) is 0 Å². The number of benzene rings is 3. The Labute approximate surface area is 256 Å². The number of rotatable bonds is 8. The molecule has 0 bridgehead atoms. The number of fused-ring (bicyclic) bond motifs is 1. The van der Waals surface area contributed by atoms with Gasteiger partial charge in [0.15, 0.2) is 0 Å². The number of sulfonamides is 1. The lowest BCUT2D eigenvalue weighted by Crippen LogP contribution is -2.31. The number of nitrogens with one attached hydrogen (secondary N) is 2. The third-order valence-electron chi connectivity index (χ3n) is 6.48. The average molecular weight is 588 g/mol. The molecule has 0 atom stereocenters. The van der Waals surface area contributed by atoms with Gasteiger partial charge in [0.1, 0.15) is 11.8 Å². The molecule has 3 aromatic carbocycles. The van der Waals surface area contributed by atoms with Crippen LogP contribution in [-0.2, 0) is 28.1 Å². The maximum atomic E-state index is 13.2. The maximum Gasteiger partial charge on any atom is 0.411 e. The summed E-state index contributed by atoms with van der Waals surface area (Å²) in [4.78, 5) is 25.2. The number of ether oxygens (including phenoxy) is 2. The van der Waals surface area contributed by atoms with Crippen LogP contribution in [0, 0.1) is 6.85 Å². The highest BCUT2D eigenvalue weighted by Gasteiger charge is 2.22. The summed E-state index contributed by atoms with van der Waals surface area (Å²) in [6, 6.07) is 11.3. The van der Waals surface area contributed by atoms with Crippen LogP contribution >= 0.6 is 0 Å². The molecule has 5 rings (SSSR count). The first-order valence-corrected chi connectivity index (χ1v) is 14.0. The van der Waals surface area contributed by atoms with Crippen LogP contribution in [0.4, 0.5) is 10.5 Å². The van der Waals surface area contributed by atoms with Crippen molar-refractivity contribution < 1.29 is 43.9 Å². The number of amides is 2. The minimum absolute atomic E-state index is 0.00683. The summed E-state index contributed by atoms with van der Waals surface area (Å²) in [6.07, 6.45) is -2.02. The van der Waals surface area contributed by atoms with E-state index in [1.54, 1.807) is 4.72 Å². The zero-order chi connectivity index (χ0) is 39.4. The Kier molecular flexibility index (Phi) is 4.79. The number of carbonyl (C=O) groups excluding carboxylic acids is 2. The first kappa shape index (κ1) is 16.8. The zero-order valence-electron chi connectivity index (χ0n) is 33.5. The normalized spacial score (nSPS) is 20.1. The van der Waals surface area contributed by atoms with E-state index < -0.39 is 82.7 Å². The van der Waals surface area contributed by atoms with Crippen molar-refractivity contribution >= 4 is 38.6 Å². The Balaban J connectivity index is 1.56. The number of methoxy groups -OCH3 is 1. The van der Waals surface area contributed by atoms with E-state index in [1.807, 2.05) is 0 Å². The van der Waals surface area contributed by atoms with Gasteiger partial charge >= 0.3 is 6.09 Å². The van der Waals surface area contributed by atoms with E-state index >= 15 is 0 Å². The van der Waals surface area contributed by atoms with Crippen molar-refractivity contribution in [1.82, 2.24) is 9.29 Å². The van der Waals surface area contributed by atoms with E-state index in [4.69, 9.17) is 23.2 Å². The van der Waals surface area contributed by atoms with E-state index in [-0.39, 0.29) is 22.2 Å². The molecule has 1 aliphatic carbocycles. The van der Waals surface area contributed by atoms with Gasteiger partial charge in [0.25, 0.3) is 15.9 Å². The molecule has 0 saturated heterocycles. The average Bonchev–Trinajstić information content (AvgIpc) is 3.63. The Bertz CT molecular complexity index is 2170. The van der Waals surface area contributed by atoms with E-state index in [2.05, 4.69) is 5.32 Å². The topological polar surface area (TPSA) is 116 Å². The molecule has 10 heteroatoms. The van der Waals surface area contributed by atoms with Crippen molar-refractivity contribution in [2.45, 2.75) is 49.9 Å². The number of nitrogens with zero attached hydrogens (tertiary/aromatic N) is 1. The van der Waals surface area contributed by atoms with Crippen LogP contribution in [0.1, 0.15) is 69.2 Å². The second-order valence-electron chi connectivity index (χ2n) is 9.27. The lowest BCUT2D eigenvalue weighted by Gasteiger charge is -2.13. The quantitative estimate of drug-likeness (QED) is 0.273. The zero-order valence-corrected chi connectivity index (χ0v) is 22.3. The monoisotopic (exact) mass is 587 g/mol. The fraction of sp³-hybridized carbons (Fsp3) is 0.290. The Morgan fingerprint density at radius 3 is 2.71 bits per heavy atom. The third kappa shape index (κ3) is 6.22. The van der Waals surface area contributed by atoms with Gasteiger partial charge in [-0.25, -0.2) is 17.9 Å². The highest BCUT2D eigenvalue weighted by Crippen LogP contribution is 2.30. The number of aryl methyl sites for hydroxylation is 2. The van der Waals surface area contributed by atoms with Crippen LogP contribution in [0.2, 0.25) is 0 Å². The van der Waals surface area contributed by atoms with E-state index in [9.17, 15) is 20.7 Å². The van der Waals surface area contributed by atoms with E-state index in [0.29, 0.717) is 25.7 Å². The molecule has 41 heavy (non-hydrogen) atoms. The van der Waals surface area contributed by atoms with Gasteiger partial charge < -0.3 is 14.0 Å². The highest BCUT2D eigenvalue weighted by atomic mass is 32.2. The molecule has 1 heterocycles. The number of hydrogen-bond acceptors (Lipinski definition) is 6. The van der Waals surface area contributed by atoms with Crippen LogP contribution in [0.3, 0.4) is 0 Å². The van der Waals surface area contributed by atoms with Gasteiger partial charge in [0.05, 0.1) is 17.4 Å². The predicted octanol–water partition coefficient (Wildman–Crippen LogP) is 5.70. The summed E-state index contributed by atoms with van der Waals surface area (Å²) in [7, 11) is -8.02. The summed E-state index contributed by atoms with van der Waals surface area (Å²) in [5, 5.41) is 2.46. The molecule has 1 aliphatic rings.